The normalized spacial score (nSPS) is 29.9. The molecule has 2 saturated carbocycles. The molecule has 2 heteroatoms. The van der Waals surface area contributed by atoms with Crippen molar-refractivity contribution in [3.63, 3.8) is 0 Å². The van der Waals surface area contributed by atoms with Gasteiger partial charge < -0.3 is 12.2 Å². The zero-order valence-electron chi connectivity index (χ0n) is 17.4. The number of hydrogen-bond donors (Lipinski definition) is 1. The minimum atomic E-state index is 0. The van der Waals surface area contributed by atoms with Crippen LogP contribution in [0.15, 0.2) is 12.3 Å². The molecule has 142 valence electrons. The molecule has 2 unspecified atom stereocenters. The van der Waals surface area contributed by atoms with Crippen LogP contribution in [0.2, 0.25) is 0 Å². The van der Waals surface area contributed by atoms with Gasteiger partial charge in [-0.15, -0.1) is 0 Å². The van der Waals surface area contributed by atoms with Crippen molar-refractivity contribution in [1.29, 1.82) is 0 Å². The molecular weight excluding hydrogens is 418 g/mol. The van der Waals surface area contributed by atoms with Gasteiger partial charge in [0, 0.05) is 41.7 Å². The zero-order chi connectivity index (χ0) is 17.8. The first kappa shape index (κ1) is 27.1. The average Bonchev–Trinajstić information content (AvgIpc) is 2.46. The smallest absolute Gasteiger partial charge is 0 e. The topological polar surface area (TPSA) is 26.0 Å². The first-order valence-electron chi connectivity index (χ1n) is 9.96. The molecule has 2 N–H and O–H groups in total. The molecule has 2 rings (SSSR count). The maximum Gasteiger partial charge on any atom is 0 e. The summed E-state index contributed by atoms with van der Waals surface area (Å²) in [4.78, 5) is 0. The molecule has 2 atom stereocenters. The van der Waals surface area contributed by atoms with Gasteiger partial charge >= 0.3 is 0 Å². The Kier molecular flexibility index (Phi) is 18.2. The van der Waals surface area contributed by atoms with Crippen molar-refractivity contribution < 1.29 is 41.7 Å². The van der Waals surface area contributed by atoms with Crippen molar-refractivity contribution in [2.45, 2.75) is 92.9 Å². The molecule has 0 amide bonds. The van der Waals surface area contributed by atoms with Crippen molar-refractivity contribution in [2.75, 3.05) is 0 Å². The number of rotatable bonds is 2. The molecule has 0 aromatic rings. The Bertz CT molecular complexity index is 278. The summed E-state index contributed by atoms with van der Waals surface area (Å²) >= 11 is 0. The first-order valence-corrected chi connectivity index (χ1v) is 9.96. The molecule has 0 bridgehead atoms. The van der Waals surface area contributed by atoms with Crippen LogP contribution in [0.4, 0.5) is 0 Å². The Morgan fingerprint density at radius 1 is 1.00 bits per heavy atom. The third-order valence-electron chi connectivity index (χ3n) is 5.64. The number of hydrogen-bond acceptors (Lipinski definition) is 1. The van der Waals surface area contributed by atoms with Crippen molar-refractivity contribution in [3.05, 3.63) is 18.7 Å². The van der Waals surface area contributed by atoms with Crippen LogP contribution in [-0.4, -0.2) is 0 Å². The van der Waals surface area contributed by atoms with Gasteiger partial charge in [-0.25, -0.2) is 0 Å². The van der Waals surface area contributed by atoms with E-state index >= 15 is 0 Å². The van der Waals surface area contributed by atoms with E-state index in [1.807, 2.05) is 0 Å². The summed E-state index contributed by atoms with van der Waals surface area (Å²) in [7, 11) is 0. The second-order valence-corrected chi connectivity index (χ2v) is 8.38. The summed E-state index contributed by atoms with van der Waals surface area (Å²) in [5, 5.41) is 0. The van der Waals surface area contributed by atoms with Crippen LogP contribution >= 0.6 is 0 Å². The van der Waals surface area contributed by atoms with E-state index in [2.05, 4.69) is 47.6 Å². The molecule has 0 heterocycles. The quantitative estimate of drug-likeness (QED) is 0.440. The number of allylic oxidation sites excluding steroid dienone is 1. The summed E-state index contributed by atoms with van der Waals surface area (Å²) in [5.41, 5.74) is 5.58. The van der Waals surface area contributed by atoms with Gasteiger partial charge in [-0.3, -0.25) is 0 Å². The minimum absolute atomic E-state index is 0. The largest absolute Gasteiger partial charge is 0.403 e. The van der Waals surface area contributed by atoms with Crippen LogP contribution in [0.25, 0.3) is 0 Å². The van der Waals surface area contributed by atoms with Gasteiger partial charge in [0.2, 0.25) is 0 Å². The standard InChI is InChI=1S/C10H20.C9H17.C3H7N.Ce/c1-7-5-8(2)10(4)9(3)6-7;1-2-6-9-7-4-3-5-8-9;1-3(2)4;/h7-10H,5-6H2,1-4H3;2,9H,3-8H2,1H3;1,4H2,2H3;/q;-1;;. The van der Waals surface area contributed by atoms with Crippen LogP contribution < -0.4 is 5.73 Å². The fraction of sp³-hybridized carbons (Fsp3) is 0.864. The van der Waals surface area contributed by atoms with Crippen LogP contribution in [0.5, 0.6) is 0 Å². The van der Waals surface area contributed by atoms with E-state index in [9.17, 15) is 0 Å². The van der Waals surface area contributed by atoms with Crippen molar-refractivity contribution in [2.24, 2.45) is 35.3 Å². The summed E-state index contributed by atoms with van der Waals surface area (Å²) in [6, 6.07) is 0. The van der Waals surface area contributed by atoms with Gasteiger partial charge in [0.1, 0.15) is 0 Å². The van der Waals surface area contributed by atoms with E-state index in [1.54, 1.807) is 6.92 Å². The Morgan fingerprint density at radius 3 is 1.79 bits per heavy atom. The maximum atomic E-state index is 4.92. The predicted octanol–water partition coefficient (Wildman–Crippen LogP) is 6.98. The van der Waals surface area contributed by atoms with Gasteiger partial charge in [-0.05, 0) is 49.1 Å². The zero-order valence-corrected chi connectivity index (χ0v) is 20.5. The molecule has 0 aliphatic heterocycles. The second-order valence-electron chi connectivity index (χ2n) is 8.38. The molecule has 0 saturated heterocycles. The Balaban J connectivity index is 0. The van der Waals surface area contributed by atoms with Gasteiger partial charge in [-0.1, -0.05) is 72.3 Å². The third kappa shape index (κ3) is 14.1. The summed E-state index contributed by atoms with van der Waals surface area (Å²) < 4.78 is 0. The second kappa shape index (κ2) is 16.1. The molecule has 1 nitrogen and oxygen atoms in total. The van der Waals surface area contributed by atoms with E-state index in [4.69, 9.17) is 5.73 Å². The summed E-state index contributed by atoms with van der Waals surface area (Å²) in [6.45, 7) is 16.8. The molecule has 0 radical (unpaired) electrons. The molecule has 2 fully saturated rings. The monoisotopic (exact) mass is 462 g/mol. The van der Waals surface area contributed by atoms with E-state index in [1.165, 1.54) is 51.4 Å². The van der Waals surface area contributed by atoms with Crippen LogP contribution in [-0.2, 0) is 0 Å². The fourth-order valence-corrected chi connectivity index (χ4v) is 4.11. The minimum Gasteiger partial charge on any atom is -0.403 e. The molecule has 2 aliphatic rings. The molecule has 0 aromatic heterocycles. The Labute approximate surface area is 187 Å². The maximum absolute atomic E-state index is 4.92. The van der Waals surface area contributed by atoms with Crippen molar-refractivity contribution >= 4 is 0 Å². The Morgan fingerprint density at radius 2 is 1.42 bits per heavy atom. The predicted molar refractivity (Wildman–Crippen MR) is 106 cm³/mol. The average molecular weight is 463 g/mol. The van der Waals surface area contributed by atoms with Gasteiger partial charge in [0.15, 0.2) is 0 Å². The van der Waals surface area contributed by atoms with E-state index in [0.29, 0.717) is 5.70 Å². The summed E-state index contributed by atoms with van der Waals surface area (Å²) in [5.74, 6) is 4.89. The van der Waals surface area contributed by atoms with E-state index in [0.717, 1.165) is 29.6 Å². The molecular formula is C22H44CeN-. The number of nitrogens with two attached hydrogens (primary N) is 1. The molecule has 24 heavy (non-hydrogen) atoms. The molecule has 0 spiro atoms. The first-order chi connectivity index (χ1) is 10.8. The third-order valence-corrected chi connectivity index (χ3v) is 5.64. The van der Waals surface area contributed by atoms with Gasteiger partial charge in [0.25, 0.3) is 0 Å². The van der Waals surface area contributed by atoms with Gasteiger partial charge in [-0.2, -0.15) is 13.3 Å². The van der Waals surface area contributed by atoms with Crippen LogP contribution in [0.3, 0.4) is 0 Å². The Hall–Kier alpha value is 0.917. The van der Waals surface area contributed by atoms with Crippen LogP contribution in [0.1, 0.15) is 92.9 Å². The SMILES string of the molecule is C=C(C)N.CC1CC(C)C(C)C(C)C1.C[CH-]CC1CCCCC1.[Ce]. The fourth-order valence-electron chi connectivity index (χ4n) is 4.11. The van der Waals surface area contributed by atoms with E-state index < -0.39 is 0 Å². The van der Waals surface area contributed by atoms with Crippen molar-refractivity contribution in [3.8, 4) is 0 Å². The molecule has 0 aromatic carbocycles. The molecule has 2 aliphatic carbocycles. The summed E-state index contributed by atoms with van der Waals surface area (Å²) in [6.07, 6.45) is 14.0. The van der Waals surface area contributed by atoms with Crippen molar-refractivity contribution in [1.82, 2.24) is 0 Å². The van der Waals surface area contributed by atoms with E-state index in [-0.39, 0.29) is 41.7 Å². The van der Waals surface area contributed by atoms with Gasteiger partial charge in [0.05, 0.1) is 0 Å². The van der Waals surface area contributed by atoms with Crippen LogP contribution in [0, 0.1) is 77.8 Å².